The Hall–Kier alpha value is -2.31. The number of ether oxygens (including phenoxy) is 1. The molecule has 0 spiro atoms. The largest absolute Gasteiger partial charge is 0.490 e. The summed E-state index contributed by atoms with van der Waals surface area (Å²) in [7, 11) is 0. The van der Waals surface area contributed by atoms with Crippen LogP contribution in [0.2, 0.25) is 0 Å². The van der Waals surface area contributed by atoms with Gasteiger partial charge in [-0.25, -0.2) is 9.38 Å². The van der Waals surface area contributed by atoms with Crippen molar-refractivity contribution in [2.45, 2.75) is 20.8 Å². The number of rotatable bonds is 3. The molecule has 1 aromatic carbocycles. The molecule has 0 amide bonds. The number of benzene rings is 1. The normalized spacial score (nSPS) is 12.1. The highest BCUT2D eigenvalue weighted by atomic mass is 19.1. The molecule has 1 aromatic rings. The van der Waals surface area contributed by atoms with Crippen LogP contribution in [-0.4, -0.2) is 18.5 Å². The Kier molecular flexibility index (Phi) is 4.90. The lowest BCUT2D eigenvalue weighted by Gasteiger charge is -2.19. The highest BCUT2D eigenvalue weighted by molar-refractivity contribution is 5.93. The van der Waals surface area contributed by atoms with Crippen LogP contribution in [0, 0.1) is 11.2 Å². The van der Waals surface area contributed by atoms with Crippen molar-refractivity contribution >= 4 is 17.6 Å². The van der Waals surface area contributed by atoms with Gasteiger partial charge in [-0.15, -0.1) is 0 Å². The lowest BCUT2D eigenvalue weighted by atomic mass is 9.99. The summed E-state index contributed by atoms with van der Waals surface area (Å²) < 4.78 is 19.2. The van der Waals surface area contributed by atoms with Crippen LogP contribution in [0.25, 0.3) is 0 Å². The maximum atomic E-state index is 13.8. The van der Waals surface area contributed by atoms with E-state index in [1.165, 1.54) is 12.1 Å². The first-order chi connectivity index (χ1) is 9.17. The molecule has 0 fully saturated rings. The molecule has 0 bridgehead atoms. The van der Waals surface area contributed by atoms with Crippen molar-refractivity contribution in [3.8, 4) is 5.75 Å². The Bertz CT molecular complexity index is 530. The minimum atomic E-state index is -0.520. The van der Waals surface area contributed by atoms with E-state index in [-0.39, 0.29) is 23.1 Å². The second kappa shape index (κ2) is 6.23. The molecule has 6 N–H and O–H groups in total. The number of nitrogens with two attached hydrogens (primary N) is 3. The molecular weight excluding hydrogens is 261 g/mol. The number of nitrogens with zero attached hydrogens (tertiary/aromatic N) is 2. The lowest BCUT2D eigenvalue weighted by molar-refractivity contribution is 0.191. The second-order valence-electron chi connectivity index (χ2n) is 5.47. The quantitative estimate of drug-likeness (QED) is 0.575. The molecule has 0 saturated carbocycles. The summed E-state index contributed by atoms with van der Waals surface area (Å²) in [6.45, 7) is 6.40. The minimum absolute atomic E-state index is 0.0545. The average Bonchev–Trinajstić information content (AvgIpc) is 2.25. The third kappa shape index (κ3) is 5.55. The van der Waals surface area contributed by atoms with E-state index in [0.717, 1.165) is 0 Å². The van der Waals surface area contributed by atoms with E-state index in [0.29, 0.717) is 12.3 Å². The molecule has 0 aliphatic carbocycles. The van der Waals surface area contributed by atoms with E-state index in [9.17, 15) is 4.39 Å². The summed E-state index contributed by atoms with van der Waals surface area (Å²) in [6.07, 6.45) is 0. The molecule has 0 radical (unpaired) electrons. The zero-order valence-corrected chi connectivity index (χ0v) is 11.9. The predicted molar refractivity (Wildman–Crippen MR) is 78.4 cm³/mol. The lowest BCUT2D eigenvalue weighted by Crippen LogP contribution is -2.26. The van der Waals surface area contributed by atoms with Crippen molar-refractivity contribution < 1.29 is 9.13 Å². The van der Waals surface area contributed by atoms with Crippen LogP contribution in [0.5, 0.6) is 5.75 Å². The molecule has 1 rings (SSSR count). The zero-order chi connectivity index (χ0) is 15.3. The van der Waals surface area contributed by atoms with E-state index in [1.54, 1.807) is 6.07 Å². The molecule has 0 atom stereocenters. The number of hydrogen-bond donors (Lipinski definition) is 3. The van der Waals surface area contributed by atoms with Gasteiger partial charge in [0.05, 0.1) is 12.3 Å². The van der Waals surface area contributed by atoms with Crippen molar-refractivity contribution in [3.63, 3.8) is 0 Å². The van der Waals surface area contributed by atoms with Gasteiger partial charge in [-0.1, -0.05) is 20.8 Å². The fraction of sp³-hybridized carbons (Fsp3) is 0.385. The molecule has 0 unspecified atom stereocenters. The number of aliphatic imine (C=N–C) groups is 2. The van der Waals surface area contributed by atoms with Gasteiger partial charge in [0.25, 0.3) is 0 Å². The fourth-order valence-corrected chi connectivity index (χ4v) is 1.26. The third-order valence-corrected chi connectivity index (χ3v) is 2.06. The van der Waals surface area contributed by atoms with E-state index >= 15 is 0 Å². The highest BCUT2D eigenvalue weighted by Gasteiger charge is 2.13. The molecule has 0 saturated heterocycles. The SMILES string of the molecule is CC(C)(C)COc1ccc(N=C(N)N=C(N)N)cc1F. The predicted octanol–water partition coefficient (Wildman–Crippen LogP) is 1.47. The Morgan fingerprint density at radius 3 is 2.40 bits per heavy atom. The Morgan fingerprint density at radius 2 is 1.90 bits per heavy atom. The van der Waals surface area contributed by atoms with Crippen molar-refractivity contribution in [1.29, 1.82) is 0 Å². The zero-order valence-electron chi connectivity index (χ0n) is 11.9. The number of halogens is 1. The van der Waals surface area contributed by atoms with Crippen molar-refractivity contribution in [2.75, 3.05) is 6.61 Å². The number of hydrogen-bond acceptors (Lipinski definition) is 2. The summed E-state index contributed by atoms with van der Waals surface area (Å²) >= 11 is 0. The Labute approximate surface area is 117 Å². The van der Waals surface area contributed by atoms with Gasteiger partial charge >= 0.3 is 0 Å². The van der Waals surface area contributed by atoms with Crippen molar-refractivity contribution in [2.24, 2.45) is 32.6 Å². The van der Waals surface area contributed by atoms with Crippen LogP contribution in [0.15, 0.2) is 28.2 Å². The molecule has 0 heterocycles. The van der Waals surface area contributed by atoms with Crippen LogP contribution in [0.3, 0.4) is 0 Å². The van der Waals surface area contributed by atoms with Gasteiger partial charge in [-0.05, 0) is 17.5 Å². The highest BCUT2D eigenvalue weighted by Crippen LogP contribution is 2.25. The van der Waals surface area contributed by atoms with Crippen LogP contribution in [-0.2, 0) is 0 Å². The maximum absolute atomic E-state index is 13.8. The first kappa shape index (κ1) is 15.7. The van der Waals surface area contributed by atoms with Crippen LogP contribution in [0.1, 0.15) is 20.8 Å². The summed E-state index contributed by atoms with van der Waals surface area (Å²) in [4.78, 5) is 7.40. The summed E-state index contributed by atoms with van der Waals surface area (Å²) in [5.41, 5.74) is 16.0. The van der Waals surface area contributed by atoms with Crippen LogP contribution in [0.4, 0.5) is 10.1 Å². The first-order valence-electron chi connectivity index (χ1n) is 6.03. The third-order valence-electron chi connectivity index (χ3n) is 2.06. The van der Waals surface area contributed by atoms with E-state index in [4.69, 9.17) is 21.9 Å². The molecule has 0 aliphatic heterocycles. The topological polar surface area (TPSA) is 112 Å². The van der Waals surface area contributed by atoms with Gasteiger partial charge in [0, 0.05) is 6.07 Å². The molecular formula is C13H20FN5O. The standard InChI is InChI=1S/C13H20FN5O/c1-13(2,3)7-20-10-5-4-8(6-9(10)14)18-12(17)19-11(15)16/h4-6H,7H2,1-3H3,(H6,15,16,17,18,19). The maximum Gasteiger partial charge on any atom is 0.223 e. The van der Waals surface area contributed by atoms with Gasteiger partial charge in [0.1, 0.15) is 0 Å². The number of guanidine groups is 2. The van der Waals surface area contributed by atoms with Gasteiger partial charge < -0.3 is 21.9 Å². The van der Waals surface area contributed by atoms with Crippen molar-refractivity contribution in [1.82, 2.24) is 0 Å². The van der Waals surface area contributed by atoms with E-state index in [1.807, 2.05) is 20.8 Å². The monoisotopic (exact) mass is 281 g/mol. The van der Waals surface area contributed by atoms with Crippen molar-refractivity contribution in [3.05, 3.63) is 24.0 Å². The van der Waals surface area contributed by atoms with Crippen LogP contribution < -0.4 is 21.9 Å². The van der Waals surface area contributed by atoms with Crippen LogP contribution >= 0.6 is 0 Å². The fourth-order valence-electron chi connectivity index (χ4n) is 1.26. The Morgan fingerprint density at radius 1 is 1.25 bits per heavy atom. The molecule has 6 nitrogen and oxygen atoms in total. The van der Waals surface area contributed by atoms with E-state index in [2.05, 4.69) is 9.98 Å². The smallest absolute Gasteiger partial charge is 0.223 e. The molecule has 110 valence electrons. The second-order valence-corrected chi connectivity index (χ2v) is 5.47. The molecule has 20 heavy (non-hydrogen) atoms. The average molecular weight is 281 g/mol. The van der Waals surface area contributed by atoms with Gasteiger partial charge in [-0.3, -0.25) is 0 Å². The summed E-state index contributed by atoms with van der Waals surface area (Å²) in [6, 6.07) is 4.26. The van der Waals surface area contributed by atoms with Gasteiger partial charge in [0.15, 0.2) is 17.5 Å². The van der Waals surface area contributed by atoms with E-state index < -0.39 is 5.82 Å². The first-order valence-corrected chi connectivity index (χ1v) is 6.03. The summed E-state index contributed by atoms with van der Waals surface area (Å²) in [5, 5.41) is 0. The molecule has 7 heteroatoms. The molecule has 0 aliphatic rings. The minimum Gasteiger partial charge on any atom is -0.490 e. The Balaban J connectivity index is 2.86. The molecule has 0 aromatic heterocycles. The van der Waals surface area contributed by atoms with Gasteiger partial charge in [-0.2, -0.15) is 4.99 Å². The van der Waals surface area contributed by atoms with Gasteiger partial charge in [0.2, 0.25) is 5.96 Å². The summed E-state index contributed by atoms with van der Waals surface area (Å²) in [5.74, 6) is -0.711.